The molecule has 1 aliphatic heterocycles. The highest BCUT2D eigenvalue weighted by atomic mass is 16.4. The lowest BCUT2D eigenvalue weighted by molar-refractivity contribution is -0.146. The molecule has 1 aliphatic carbocycles. The largest absolute Gasteiger partial charge is 0.480 e. The quantitative estimate of drug-likeness (QED) is 0.746. The smallest absolute Gasteiger partial charge is 0.321 e. The molecule has 3 heteroatoms. The van der Waals surface area contributed by atoms with E-state index < -0.39 is 5.97 Å². The van der Waals surface area contributed by atoms with Crippen LogP contribution < -0.4 is 0 Å². The Bertz CT molecular complexity index is 239. The van der Waals surface area contributed by atoms with Crippen molar-refractivity contribution in [2.24, 2.45) is 11.8 Å². The van der Waals surface area contributed by atoms with Crippen molar-refractivity contribution in [1.82, 2.24) is 4.90 Å². The summed E-state index contributed by atoms with van der Waals surface area (Å²) in [6.45, 7) is 5.02. The first kappa shape index (κ1) is 9.97. The van der Waals surface area contributed by atoms with E-state index in [9.17, 15) is 9.90 Å². The minimum Gasteiger partial charge on any atom is -0.480 e. The van der Waals surface area contributed by atoms with Gasteiger partial charge in [0.25, 0.3) is 0 Å². The van der Waals surface area contributed by atoms with E-state index in [4.69, 9.17) is 0 Å². The highest BCUT2D eigenvalue weighted by Gasteiger charge is 2.43. The number of rotatable bonds is 3. The van der Waals surface area contributed by atoms with Gasteiger partial charge in [-0.2, -0.15) is 0 Å². The van der Waals surface area contributed by atoms with E-state index in [1.807, 2.05) is 13.8 Å². The molecule has 1 heterocycles. The van der Waals surface area contributed by atoms with E-state index in [1.54, 1.807) is 0 Å². The van der Waals surface area contributed by atoms with Gasteiger partial charge in [0.15, 0.2) is 0 Å². The van der Waals surface area contributed by atoms with E-state index >= 15 is 0 Å². The zero-order chi connectivity index (χ0) is 10.3. The number of likely N-dealkylation sites (tertiary alicyclic amines) is 1. The fraction of sp³-hybridized carbons (Fsp3) is 0.909. The predicted molar refractivity (Wildman–Crippen MR) is 54.1 cm³/mol. The van der Waals surface area contributed by atoms with Crippen LogP contribution in [0, 0.1) is 11.8 Å². The number of fused-ring (bicyclic) bond motifs is 2. The molecule has 2 rings (SSSR count). The Morgan fingerprint density at radius 3 is 2.50 bits per heavy atom. The van der Waals surface area contributed by atoms with Crippen LogP contribution in [0.2, 0.25) is 0 Å². The molecule has 0 aromatic rings. The second-order valence-corrected chi connectivity index (χ2v) is 5.06. The van der Waals surface area contributed by atoms with Gasteiger partial charge in [0, 0.05) is 12.6 Å². The molecule has 0 aromatic heterocycles. The lowest BCUT2D eigenvalue weighted by Crippen LogP contribution is -2.48. The predicted octanol–water partition coefficient (Wildman–Crippen LogP) is 1.58. The molecular formula is C11H19NO2. The van der Waals surface area contributed by atoms with Crippen LogP contribution in [0.25, 0.3) is 0 Å². The van der Waals surface area contributed by atoms with Gasteiger partial charge in [-0.3, -0.25) is 9.69 Å². The first-order chi connectivity index (χ1) is 6.59. The summed E-state index contributed by atoms with van der Waals surface area (Å²) in [5.74, 6) is 0.347. The van der Waals surface area contributed by atoms with Crippen molar-refractivity contribution < 1.29 is 9.90 Å². The SMILES string of the molecule is CC(C)C(C(=O)O)N1CC2CCC1C2. The fourth-order valence-electron chi connectivity index (χ4n) is 3.11. The summed E-state index contributed by atoms with van der Waals surface area (Å²) < 4.78 is 0. The molecular weight excluding hydrogens is 178 g/mol. The summed E-state index contributed by atoms with van der Waals surface area (Å²) in [7, 11) is 0. The molecule has 3 unspecified atom stereocenters. The number of hydrogen-bond acceptors (Lipinski definition) is 2. The average molecular weight is 197 g/mol. The number of hydrogen-bond donors (Lipinski definition) is 1. The highest BCUT2D eigenvalue weighted by Crippen LogP contribution is 2.39. The van der Waals surface area contributed by atoms with Crippen LogP contribution in [0.15, 0.2) is 0 Å². The Hall–Kier alpha value is -0.570. The highest BCUT2D eigenvalue weighted by molar-refractivity contribution is 5.74. The molecule has 1 saturated carbocycles. The molecule has 0 aromatic carbocycles. The van der Waals surface area contributed by atoms with Crippen LogP contribution in [-0.4, -0.2) is 34.6 Å². The third-order valence-corrected chi connectivity index (χ3v) is 3.69. The molecule has 3 atom stereocenters. The Balaban J connectivity index is 2.09. The second-order valence-electron chi connectivity index (χ2n) is 5.06. The standard InChI is InChI=1S/C11H19NO2/c1-7(2)10(11(13)14)12-6-8-3-4-9(12)5-8/h7-10H,3-6H2,1-2H3,(H,13,14). The van der Waals surface area contributed by atoms with Crippen LogP contribution in [0.5, 0.6) is 0 Å². The first-order valence-electron chi connectivity index (χ1n) is 5.58. The average Bonchev–Trinajstić information content (AvgIpc) is 2.63. The van der Waals surface area contributed by atoms with Crippen molar-refractivity contribution in [3.8, 4) is 0 Å². The molecule has 1 N–H and O–H groups in total. The topological polar surface area (TPSA) is 40.5 Å². The fourth-order valence-corrected chi connectivity index (χ4v) is 3.11. The monoisotopic (exact) mass is 197 g/mol. The van der Waals surface area contributed by atoms with E-state index in [2.05, 4.69) is 4.90 Å². The maximum absolute atomic E-state index is 11.2. The Morgan fingerprint density at radius 1 is 1.43 bits per heavy atom. The molecule has 3 nitrogen and oxygen atoms in total. The van der Waals surface area contributed by atoms with E-state index in [-0.39, 0.29) is 12.0 Å². The third-order valence-electron chi connectivity index (χ3n) is 3.69. The van der Waals surface area contributed by atoms with E-state index in [0.29, 0.717) is 6.04 Å². The van der Waals surface area contributed by atoms with Gasteiger partial charge >= 0.3 is 5.97 Å². The van der Waals surface area contributed by atoms with Gasteiger partial charge in [-0.05, 0) is 31.1 Å². The number of carbonyl (C=O) groups is 1. The van der Waals surface area contributed by atoms with Gasteiger partial charge in [0.1, 0.15) is 6.04 Å². The Labute approximate surface area is 85.1 Å². The van der Waals surface area contributed by atoms with Crippen molar-refractivity contribution in [2.75, 3.05) is 6.54 Å². The normalized spacial score (nSPS) is 33.9. The molecule has 0 radical (unpaired) electrons. The third kappa shape index (κ3) is 1.54. The first-order valence-corrected chi connectivity index (χ1v) is 5.58. The van der Waals surface area contributed by atoms with Gasteiger partial charge in [0.05, 0.1) is 0 Å². The molecule has 2 fully saturated rings. The van der Waals surface area contributed by atoms with E-state index in [0.717, 1.165) is 12.5 Å². The maximum atomic E-state index is 11.2. The summed E-state index contributed by atoms with van der Waals surface area (Å²) in [5.41, 5.74) is 0. The molecule has 2 aliphatic rings. The molecule has 80 valence electrons. The van der Waals surface area contributed by atoms with Gasteiger partial charge in [0.2, 0.25) is 0 Å². The van der Waals surface area contributed by atoms with Gasteiger partial charge in [-0.1, -0.05) is 13.8 Å². The molecule has 14 heavy (non-hydrogen) atoms. The zero-order valence-electron chi connectivity index (χ0n) is 8.94. The molecule has 0 spiro atoms. The van der Waals surface area contributed by atoms with Crippen molar-refractivity contribution in [3.05, 3.63) is 0 Å². The van der Waals surface area contributed by atoms with Crippen LogP contribution in [0.4, 0.5) is 0 Å². The summed E-state index contributed by atoms with van der Waals surface area (Å²) in [4.78, 5) is 13.4. The van der Waals surface area contributed by atoms with Gasteiger partial charge in [-0.25, -0.2) is 0 Å². The number of nitrogens with zero attached hydrogens (tertiary/aromatic N) is 1. The van der Waals surface area contributed by atoms with Gasteiger partial charge < -0.3 is 5.11 Å². The maximum Gasteiger partial charge on any atom is 0.321 e. The lowest BCUT2D eigenvalue weighted by atomic mass is 9.99. The number of carboxylic acid groups (broad SMARTS) is 1. The van der Waals surface area contributed by atoms with Crippen molar-refractivity contribution in [1.29, 1.82) is 0 Å². The number of aliphatic carboxylic acids is 1. The molecule has 2 bridgehead atoms. The minimum atomic E-state index is -0.646. The summed E-state index contributed by atoms with van der Waals surface area (Å²) in [6, 6.07) is 0.300. The van der Waals surface area contributed by atoms with Crippen LogP contribution in [0.3, 0.4) is 0 Å². The number of piperidine rings is 1. The summed E-state index contributed by atoms with van der Waals surface area (Å²) in [6.07, 6.45) is 3.75. The summed E-state index contributed by atoms with van der Waals surface area (Å²) in [5, 5.41) is 9.19. The number of carboxylic acids is 1. The zero-order valence-corrected chi connectivity index (χ0v) is 8.94. The van der Waals surface area contributed by atoms with Crippen molar-refractivity contribution >= 4 is 5.97 Å². The van der Waals surface area contributed by atoms with Crippen LogP contribution in [-0.2, 0) is 4.79 Å². The van der Waals surface area contributed by atoms with Gasteiger partial charge in [-0.15, -0.1) is 0 Å². The Kier molecular flexibility index (Phi) is 2.52. The van der Waals surface area contributed by atoms with Crippen molar-refractivity contribution in [2.45, 2.75) is 45.2 Å². The van der Waals surface area contributed by atoms with Crippen molar-refractivity contribution in [3.63, 3.8) is 0 Å². The molecule has 0 amide bonds. The van der Waals surface area contributed by atoms with E-state index in [1.165, 1.54) is 19.3 Å². The lowest BCUT2D eigenvalue weighted by Gasteiger charge is -2.34. The summed E-state index contributed by atoms with van der Waals surface area (Å²) >= 11 is 0. The second kappa shape index (κ2) is 3.54. The van der Waals surface area contributed by atoms with Crippen LogP contribution >= 0.6 is 0 Å². The minimum absolute atomic E-state index is 0.215. The molecule has 1 saturated heterocycles. The Morgan fingerprint density at radius 2 is 2.14 bits per heavy atom. The van der Waals surface area contributed by atoms with Crippen LogP contribution in [0.1, 0.15) is 33.1 Å².